The number of carbonyl (C=O) groups excluding carboxylic acids is 1. The third kappa shape index (κ3) is 6.87. The molecule has 13 nitrogen and oxygen atoms in total. The predicted molar refractivity (Wildman–Crippen MR) is 165 cm³/mol. The molecule has 240 valence electrons. The maximum absolute atomic E-state index is 14.0. The number of aromatic nitrogens is 4. The Hall–Kier alpha value is -2.42. The van der Waals surface area contributed by atoms with E-state index in [-0.39, 0.29) is 35.9 Å². The monoisotopic (exact) mass is 649 g/mol. The van der Waals surface area contributed by atoms with Crippen LogP contribution in [0.4, 0.5) is 0 Å². The minimum Gasteiger partial charge on any atom is -0.346 e. The Balaban J connectivity index is 1.33. The van der Waals surface area contributed by atoms with Gasteiger partial charge in [0.25, 0.3) is 5.56 Å². The van der Waals surface area contributed by atoms with E-state index in [0.717, 1.165) is 17.3 Å². The number of thioether (sulfide) groups is 1. The smallest absolute Gasteiger partial charge is 0.346 e. The zero-order chi connectivity index (χ0) is 31.8. The SMILES string of the molecule is CCC(C)(C)C(=O)SCCOP(=O)(NCc1ccccc1)OC[C@H]1O[C@@H](n2cnc3c(=O)[nH]cnc32)[C@@]2(C)OC(C)(C)OC12. The van der Waals surface area contributed by atoms with E-state index in [9.17, 15) is 14.2 Å². The van der Waals surface area contributed by atoms with Gasteiger partial charge in [-0.05, 0) is 32.8 Å². The number of carbonyl (C=O) groups is 1. The first-order valence-electron chi connectivity index (χ1n) is 14.6. The zero-order valence-electron chi connectivity index (χ0n) is 25.8. The third-order valence-corrected chi connectivity index (χ3v) is 10.7. The Morgan fingerprint density at radius 3 is 2.68 bits per heavy atom. The molecule has 5 atom stereocenters. The normalized spacial score (nSPS) is 26.1. The van der Waals surface area contributed by atoms with Gasteiger partial charge in [0.1, 0.15) is 17.8 Å². The second kappa shape index (κ2) is 12.8. The van der Waals surface area contributed by atoms with Gasteiger partial charge in [-0.2, -0.15) is 0 Å². The van der Waals surface area contributed by atoms with Crippen molar-refractivity contribution in [1.82, 2.24) is 24.6 Å². The summed E-state index contributed by atoms with van der Waals surface area (Å²) in [5.74, 6) is -0.640. The summed E-state index contributed by atoms with van der Waals surface area (Å²) >= 11 is 1.15. The van der Waals surface area contributed by atoms with Crippen molar-refractivity contribution in [2.24, 2.45) is 5.41 Å². The number of H-pyrrole nitrogens is 1. The van der Waals surface area contributed by atoms with Crippen molar-refractivity contribution in [3.05, 3.63) is 58.9 Å². The van der Waals surface area contributed by atoms with Gasteiger partial charge in [-0.15, -0.1) is 0 Å². The molecular formula is C29H40N5O8PS. The van der Waals surface area contributed by atoms with Crippen LogP contribution in [0.2, 0.25) is 0 Å². The molecule has 2 aliphatic heterocycles. The van der Waals surface area contributed by atoms with Crippen LogP contribution in [0.3, 0.4) is 0 Å². The molecule has 15 heteroatoms. The van der Waals surface area contributed by atoms with Crippen LogP contribution in [0.25, 0.3) is 11.2 Å². The van der Waals surface area contributed by atoms with E-state index in [1.165, 1.54) is 12.7 Å². The van der Waals surface area contributed by atoms with Crippen molar-refractivity contribution in [2.45, 2.75) is 84.3 Å². The summed E-state index contributed by atoms with van der Waals surface area (Å²) in [6, 6.07) is 9.46. The largest absolute Gasteiger partial charge is 0.405 e. The number of fused-ring (bicyclic) bond motifs is 2. The molecule has 0 radical (unpaired) electrons. The van der Waals surface area contributed by atoms with Crippen molar-refractivity contribution >= 4 is 35.8 Å². The highest BCUT2D eigenvalue weighted by Crippen LogP contribution is 2.53. The van der Waals surface area contributed by atoms with Gasteiger partial charge in [0.05, 0.1) is 25.9 Å². The molecule has 0 spiro atoms. The summed E-state index contributed by atoms with van der Waals surface area (Å²) in [5, 5.41) is 2.99. The highest BCUT2D eigenvalue weighted by molar-refractivity contribution is 8.13. The fourth-order valence-corrected chi connectivity index (χ4v) is 7.58. The first-order chi connectivity index (χ1) is 20.8. The minimum atomic E-state index is -3.89. The number of ether oxygens (including phenoxy) is 3. The van der Waals surface area contributed by atoms with Crippen molar-refractivity contribution in [3.63, 3.8) is 0 Å². The molecule has 3 aromatic rings. The number of hydrogen-bond acceptors (Lipinski definition) is 11. The van der Waals surface area contributed by atoms with Gasteiger partial charge < -0.3 is 19.2 Å². The molecule has 2 N–H and O–H groups in total. The van der Waals surface area contributed by atoms with Gasteiger partial charge in [-0.3, -0.25) is 23.2 Å². The van der Waals surface area contributed by atoms with Crippen molar-refractivity contribution < 1.29 is 32.6 Å². The Labute approximate surface area is 260 Å². The van der Waals surface area contributed by atoms with Crippen molar-refractivity contribution in [1.29, 1.82) is 0 Å². The lowest BCUT2D eigenvalue weighted by atomic mass is 9.92. The molecule has 2 aliphatic rings. The summed E-state index contributed by atoms with van der Waals surface area (Å²) in [5.41, 5.74) is -0.483. The number of rotatable bonds is 13. The second-order valence-corrected chi connectivity index (χ2v) is 15.0. The Bertz CT molecular complexity index is 1580. The van der Waals surface area contributed by atoms with Gasteiger partial charge in [-0.25, -0.2) is 19.6 Å². The lowest BCUT2D eigenvalue weighted by molar-refractivity contribution is -0.216. The number of nitrogens with zero attached hydrogens (tertiary/aromatic N) is 3. The van der Waals surface area contributed by atoms with Gasteiger partial charge in [0.15, 0.2) is 28.3 Å². The third-order valence-electron chi connectivity index (χ3n) is 7.93. The maximum atomic E-state index is 14.0. The molecular weight excluding hydrogens is 609 g/mol. The number of hydrogen-bond donors (Lipinski definition) is 2. The van der Waals surface area contributed by atoms with Crippen LogP contribution in [0.1, 0.15) is 59.8 Å². The fourth-order valence-electron chi connectivity index (χ4n) is 5.26. The molecule has 5 rings (SSSR count). The first kappa shape index (κ1) is 33.0. The molecule has 2 fully saturated rings. The Kier molecular flexibility index (Phi) is 9.56. The van der Waals surface area contributed by atoms with Crippen molar-refractivity contribution in [2.75, 3.05) is 19.0 Å². The number of nitrogens with one attached hydrogen (secondary N) is 2. The summed E-state index contributed by atoms with van der Waals surface area (Å²) in [6.07, 6.45) is 1.34. The van der Waals surface area contributed by atoms with E-state index in [1.54, 1.807) is 18.4 Å². The molecule has 0 aliphatic carbocycles. The van der Waals surface area contributed by atoms with E-state index < -0.39 is 43.0 Å². The van der Waals surface area contributed by atoms with Crippen LogP contribution in [-0.2, 0) is 39.2 Å². The van der Waals surface area contributed by atoms with E-state index >= 15 is 0 Å². The molecule has 2 saturated heterocycles. The lowest BCUT2D eigenvalue weighted by Gasteiger charge is -2.30. The number of aromatic amines is 1. The quantitative estimate of drug-likeness (QED) is 0.197. The standard InChI is InChI=1S/C29H40N5O8PS/c1-7-27(2,3)26(36)44-14-13-38-43(37,33-15-19-11-9-8-10-12-19)39-16-20-22-29(6,42-28(4,5)41-22)25(40-20)34-18-32-21-23(34)30-17-31-24(21)35/h8-12,17-18,20,22,25H,7,13-16H2,1-6H3,(H,33,37)(H,30,31,35)/t20-,22?,25-,29+,43?/m1/s1. The van der Waals surface area contributed by atoms with Crippen LogP contribution < -0.4 is 10.6 Å². The molecule has 2 unspecified atom stereocenters. The average Bonchev–Trinajstić information content (AvgIpc) is 3.60. The highest BCUT2D eigenvalue weighted by Gasteiger charge is 2.64. The lowest BCUT2D eigenvalue weighted by Crippen LogP contribution is -2.42. The molecule has 0 amide bonds. The van der Waals surface area contributed by atoms with E-state index in [2.05, 4.69) is 20.0 Å². The van der Waals surface area contributed by atoms with E-state index in [1.807, 2.05) is 58.0 Å². The van der Waals surface area contributed by atoms with Gasteiger partial charge >= 0.3 is 7.75 Å². The van der Waals surface area contributed by atoms with E-state index in [4.69, 9.17) is 23.3 Å². The summed E-state index contributed by atoms with van der Waals surface area (Å²) < 4.78 is 46.5. The summed E-state index contributed by atoms with van der Waals surface area (Å²) in [4.78, 5) is 35.9. The molecule has 44 heavy (non-hydrogen) atoms. The topological polar surface area (TPSA) is 156 Å². The zero-order valence-corrected chi connectivity index (χ0v) is 27.5. The van der Waals surface area contributed by atoms with Crippen LogP contribution in [0.15, 0.2) is 47.8 Å². The van der Waals surface area contributed by atoms with Gasteiger partial charge in [-0.1, -0.05) is 62.9 Å². The van der Waals surface area contributed by atoms with Gasteiger partial charge in [0.2, 0.25) is 0 Å². The van der Waals surface area contributed by atoms with Gasteiger partial charge in [0, 0.05) is 17.7 Å². The van der Waals surface area contributed by atoms with Crippen LogP contribution in [0, 0.1) is 5.41 Å². The summed E-state index contributed by atoms with van der Waals surface area (Å²) in [6.45, 7) is 11.3. The number of benzene rings is 1. The highest BCUT2D eigenvalue weighted by atomic mass is 32.2. The van der Waals surface area contributed by atoms with Crippen LogP contribution in [-0.4, -0.2) is 67.2 Å². The molecule has 0 saturated carbocycles. The first-order valence-corrected chi connectivity index (χ1v) is 17.1. The maximum Gasteiger partial charge on any atom is 0.405 e. The minimum absolute atomic E-state index is 0.0262. The number of imidazole rings is 1. The molecule has 4 heterocycles. The second-order valence-electron chi connectivity index (χ2n) is 12.1. The average molecular weight is 650 g/mol. The molecule has 0 bridgehead atoms. The fraction of sp³-hybridized carbons (Fsp3) is 0.586. The Morgan fingerprint density at radius 2 is 1.95 bits per heavy atom. The van der Waals surface area contributed by atoms with Crippen LogP contribution >= 0.6 is 19.5 Å². The molecule has 1 aromatic carbocycles. The molecule has 2 aromatic heterocycles. The van der Waals surface area contributed by atoms with E-state index in [0.29, 0.717) is 17.8 Å². The van der Waals surface area contributed by atoms with Crippen LogP contribution in [0.5, 0.6) is 0 Å². The summed E-state index contributed by atoms with van der Waals surface area (Å²) in [7, 11) is -3.89. The van der Waals surface area contributed by atoms with Crippen molar-refractivity contribution in [3.8, 4) is 0 Å². The predicted octanol–water partition coefficient (Wildman–Crippen LogP) is 4.55. The Morgan fingerprint density at radius 1 is 1.20 bits per heavy atom.